The number of hydrogen-bond donors (Lipinski definition) is 0. The van der Waals surface area contributed by atoms with E-state index < -0.39 is 10.0 Å². The number of nitrogens with zero attached hydrogens (tertiary/aromatic N) is 4. The van der Waals surface area contributed by atoms with Gasteiger partial charge in [0.25, 0.3) is 0 Å². The van der Waals surface area contributed by atoms with Gasteiger partial charge in [-0.3, -0.25) is 9.67 Å². The van der Waals surface area contributed by atoms with Crippen molar-refractivity contribution in [2.45, 2.75) is 36.2 Å². The molecule has 0 radical (unpaired) electrons. The molecule has 27 heavy (non-hydrogen) atoms. The third kappa shape index (κ3) is 2.61. The molecule has 3 aromatic rings. The van der Waals surface area contributed by atoms with Crippen molar-refractivity contribution in [1.29, 1.82) is 0 Å². The van der Waals surface area contributed by atoms with Crippen molar-refractivity contribution in [3.8, 4) is 0 Å². The Balaban J connectivity index is 1.54. The zero-order chi connectivity index (χ0) is 18.6. The number of rotatable bonds is 3. The second kappa shape index (κ2) is 6.00. The monoisotopic (exact) mass is 380 g/mol. The van der Waals surface area contributed by atoms with Gasteiger partial charge in [-0.15, -0.1) is 0 Å². The predicted octanol–water partition coefficient (Wildman–Crippen LogP) is 2.98. The Hall–Kier alpha value is -2.51. The van der Waals surface area contributed by atoms with Gasteiger partial charge >= 0.3 is 0 Å². The van der Waals surface area contributed by atoms with Crippen LogP contribution in [0.3, 0.4) is 0 Å². The van der Waals surface area contributed by atoms with Gasteiger partial charge in [-0.1, -0.05) is 12.1 Å². The van der Waals surface area contributed by atoms with Crippen LogP contribution >= 0.6 is 0 Å². The minimum atomic E-state index is -3.55. The number of sulfonamides is 1. The van der Waals surface area contributed by atoms with Crippen LogP contribution < -0.4 is 0 Å². The molecular weight excluding hydrogens is 360 g/mol. The van der Waals surface area contributed by atoms with Gasteiger partial charge in [0.05, 0.1) is 16.1 Å². The van der Waals surface area contributed by atoms with E-state index in [0.29, 0.717) is 4.90 Å². The Morgan fingerprint density at radius 1 is 1.11 bits per heavy atom. The van der Waals surface area contributed by atoms with Crippen molar-refractivity contribution in [1.82, 2.24) is 19.1 Å². The fourth-order valence-electron chi connectivity index (χ4n) is 4.38. The Bertz CT molecular complexity index is 1170. The quantitative estimate of drug-likeness (QED) is 0.701. The lowest BCUT2D eigenvalue weighted by atomic mass is 10.0. The maximum atomic E-state index is 13.4. The fraction of sp³-hybridized carbons (Fsp3) is 0.300. The molecule has 1 aromatic carbocycles. The number of fused-ring (bicyclic) bond motifs is 3. The van der Waals surface area contributed by atoms with Crippen LogP contribution in [-0.4, -0.2) is 39.6 Å². The highest BCUT2D eigenvalue weighted by molar-refractivity contribution is 7.89. The molecule has 2 bridgehead atoms. The van der Waals surface area contributed by atoms with Crippen molar-refractivity contribution in [2.75, 3.05) is 0 Å². The van der Waals surface area contributed by atoms with Crippen LogP contribution in [0.4, 0.5) is 0 Å². The zero-order valence-corrected chi connectivity index (χ0v) is 15.8. The molecule has 0 N–H and O–H groups in total. The average molecular weight is 380 g/mol. The molecule has 1 saturated heterocycles. The van der Waals surface area contributed by atoms with Crippen molar-refractivity contribution < 1.29 is 8.42 Å². The molecule has 0 spiro atoms. The summed E-state index contributed by atoms with van der Waals surface area (Å²) in [5.41, 5.74) is 3.06. The van der Waals surface area contributed by atoms with Gasteiger partial charge in [0, 0.05) is 36.9 Å². The summed E-state index contributed by atoms with van der Waals surface area (Å²) in [6.07, 6.45) is 8.08. The molecule has 6 nitrogen and oxygen atoms in total. The molecule has 2 unspecified atom stereocenters. The summed E-state index contributed by atoms with van der Waals surface area (Å²) < 4.78 is 30.4. The molecule has 2 atom stereocenters. The van der Waals surface area contributed by atoms with Crippen LogP contribution in [0.15, 0.2) is 59.8 Å². The summed E-state index contributed by atoms with van der Waals surface area (Å²) in [4.78, 5) is 4.62. The molecular formula is C20H20N4O2S. The summed E-state index contributed by atoms with van der Waals surface area (Å²) in [7, 11) is -1.63. The lowest BCUT2D eigenvalue weighted by Gasteiger charge is -2.33. The summed E-state index contributed by atoms with van der Waals surface area (Å²) in [6, 6.07) is 10.8. The summed E-state index contributed by atoms with van der Waals surface area (Å²) in [6.45, 7) is 0. The smallest absolute Gasteiger partial charge is 0.243 e. The van der Waals surface area contributed by atoms with Gasteiger partial charge in [0.2, 0.25) is 10.0 Å². The second-order valence-electron chi connectivity index (χ2n) is 7.23. The van der Waals surface area contributed by atoms with Gasteiger partial charge in [-0.25, -0.2) is 8.42 Å². The SMILES string of the molecule is Cn1nccc1C1=CC2CCC(C1)N2S(=O)(=O)c1ccc2ncccc2c1. The molecule has 4 heterocycles. The summed E-state index contributed by atoms with van der Waals surface area (Å²) >= 11 is 0. The van der Waals surface area contributed by atoms with E-state index in [2.05, 4.69) is 16.2 Å². The van der Waals surface area contributed by atoms with Crippen molar-refractivity contribution in [3.63, 3.8) is 0 Å². The lowest BCUT2D eigenvalue weighted by molar-refractivity contribution is 0.345. The van der Waals surface area contributed by atoms with E-state index >= 15 is 0 Å². The van der Waals surface area contributed by atoms with E-state index in [1.165, 1.54) is 5.57 Å². The molecule has 1 fully saturated rings. The van der Waals surface area contributed by atoms with Gasteiger partial charge in [-0.05, 0) is 55.2 Å². The Morgan fingerprint density at radius 3 is 2.78 bits per heavy atom. The zero-order valence-electron chi connectivity index (χ0n) is 15.0. The van der Waals surface area contributed by atoms with E-state index in [1.54, 1.807) is 34.9 Å². The fourth-order valence-corrected chi connectivity index (χ4v) is 6.24. The first kappa shape index (κ1) is 16.6. The third-order valence-electron chi connectivity index (χ3n) is 5.63. The Morgan fingerprint density at radius 2 is 2.00 bits per heavy atom. The topological polar surface area (TPSA) is 68.1 Å². The van der Waals surface area contributed by atoms with Crippen LogP contribution in [0.2, 0.25) is 0 Å². The highest BCUT2D eigenvalue weighted by Gasteiger charge is 2.44. The summed E-state index contributed by atoms with van der Waals surface area (Å²) in [5.74, 6) is 0. The van der Waals surface area contributed by atoms with Gasteiger partial charge in [-0.2, -0.15) is 9.40 Å². The maximum absolute atomic E-state index is 13.4. The number of aromatic nitrogens is 3. The van der Waals surface area contributed by atoms with Crippen LogP contribution in [0, 0.1) is 0 Å². The van der Waals surface area contributed by atoms with Gasteiger partial charge in [0.1, 0.15) is 0 Å². The molecule has 2 aromatic heterocycles. The number of benzene rings is 1. The van der Waals surface area contributed by atoms with E-state index in [1.807, 2.05) is 29.9 Å². The normalized spacial score (nSPS) is 22.9. The average Bonchev–Trinajstić information content (AvgIpc) is 3.22. The molecule has 0 amide bonds. The first-order valence-corrected chi connectivity index (χ1v) is 10.6. The molecule has 138 valence electrons. The molecule has 2 aliphatic rings. The molecule has 0 saturated carbocycles. The molecule has 0 aliphatic carbocycles. The molecule has 2 aliphatic heterocycles. The van der Waals surface area contributed by atoms with Crippen molar-refractivity contribution in [3.05, 3.63) is 60.6 Å². The summed E-state index contributed by atoms with van der Waals surface area (Å²) in [5, 5.41) is 5.09. The third-order valence-corrected chi connectivity index (χ3v) is 7.60. The van der Waals surface area contributed by atoms with Crippen LogP contribution in [0.25, 0.3) is 16.5 Å². The molecule has 5 rings (SSSR count). The number of aryl methyl sites for hydroxylation is 1. The number of hydrogen-bond acceptors (Lipinski definition) is 4. The second-order valence-corrected chi connectivity index (χ2v) is 9.07. The largest absolute Gasteiger partial charge is 0.268 e. The standard InChI is InChI=1S/C20H20N4O2S/c1-23-20(8-10-22-23)15-11-16-4-5-17(12-15)24(16)27(25,26)18-6-7-19-14(13-18)3-2-9-21-19/h2-3,6-11,13,16-17H,4-5,12H2,1H3. The van der Waals surface area contributed by atoms with Gasteiger partial charge < -0.3 is 0 Å². The minimum Gasteiger partial charge on any atom is -0.268 e. The predicted molar refractivity (Wildman–Crippen MR) is 103 cm³/mol. The molecule has 7 heteroatoms. The Kier molecular flexibility index (Phi) is 3.70. The van der Waals surface area contributed by atoms with Crippen LogP contribution in [-0.2, 0) is 17.1 Å². The van der Waals surface area contributed by atoms with Crippen molar-refractivity contribution >= 4 is 26.5 Å². The minimum absolute atomic E-state index is 0.000467. The number of pyridine rings is 1. The van der Waals surface area contributed by atoms with E-state index in [4.69, 9.17) is 0 Å². The van der Waals surface area contributed by atoms with Crippen molar-refractivity contribution in [2.24, 2.45) is 7.05 Å². The highest BCUT2D eigenvalue weighted by Crippen LogP contribution is 2.41. The maximum Gasteiger partial charge on any atom is 0.243 e. The first-order valence-electron chi connectivity index (χ1n) is 9.11. The first-order chi connectivity index (χ1) is 13.0. The van der Waals surface area contributed by atoms with Crippen LogP contribution in [0.1, 0.15) is 25.0 Å². The van der Waals surface area contributed by atoms with E-state index in [0.717, 1.165) is 35.9 Å². The van der Waals surface area contributed by atoms with E-state index in [9.17, 15) is 8.42 Å². The lowest BCUT2D eigenvalue weighted by Crippen LogP contribution is -2.42. The van der Waals surface area contributed by atoms with Gasteiger partial charge in [0.15, 0.2) is 0 Å². The van der Waals surface area contributed by atoms with E-state index in [-0.39, 0.29) is 12.1 Å². The van der Waals surface area contributed by atoms with Crippen LogP contribution in [0.5, 0.6) is 0 Å². The highest BCUT2D eigenvalue weighted by atomic mass is 32.2. The Labute approximate surface area is 158 Å².